The highest BCUT2D eigenvalue weighted by Crippen LogP contribution is 2.13. The van der Waals surface area contributed by atoms with E-state index in [1.165, 1.54) is 0 Å². The summed E-state index contributed by atoms with van der Waals surface area (Å²) in [6.45, 7) is 9.29. The molecular formula is C18H22N2O4. The van der Waals surface area contributed by atoms with E-state index < -0.39 is 11.6 Å². The minimum atomic E-state index is -0.556. The van der Waals surface area contributed by atoms with Gasteiger partial charge in [-0.1, -0.05) is 0 Å². The molecule has 0 fully saturated rings. The molecule has 1 aromatic carbocycles. The maximum atomic E-state index is 12.1. The molecule has 1 heterocycles. The second-order valence-corrected chi connectivity index (χ2v) is 6.51. The number of nitrogens with zero attached hydrogens (tertiary/aromatic N) is 1. The van der Waals surface area contributed by atoms with Crippen LogP contribution in [0.15, 0.2) is 28.7 Å². The third-order valence-corrected chi connectivity index (χ3v) is 3.25. The second-order valence-electron chi connectivity index (χ2n) is 6.51. The number of carbonyl (C=O) groups is 2. The molecule has 0 unspecified atom stereocenters. The van der Waals surface area contributed by atoms with Crippen molar-refractivity contribution >= 4 is 11.9 Å². The number of hydrogen-bond acceptors (Lipinski definition) is 5. The number of ether oxygens (including phenoxy) is 1. The smallest absolute Gasteiger partial charge is 0.338 e. The van der Waals surface area contributed by atoms with Gasteiger partial charge in [0.1, 0.15) is 11.4 Å². The summed E-state index contributed by atoms with van der Waals surface area (Å²) in [6, 6.07) is 6.31. The van der Waals surface area contributed by atoms with Gasteiger partial charge in [-0.25, -0.2) is 9.78 Å². The highest BCUT2D eigenvalue weighted by Gasteiger charge is 2.18. The Morgan fingerprint density at radius 3 is 2.21 bits per heavy atom. The van der Waals surface area contributed by atoms with E-state index in [1.54, 1.807) is 45.0 Å². The van der Waals surface area contributed by atoms with E-state index >= 15 is 0 Å². The summed E-state index contributed by atoms with van der Waals surface area (Å²) < 4.78 is 10.7. The van der Waals surface area contributed by atoms with Gasteiger partial charge >= 0.3 is 5.97 Å². The van der Waals surface area contributed by atoms with Crippen LogP contribution in [0.3, 0.4) is 0 Å². The summed E-state index contributed by atoms with van der Waals surface area (Å²) in [6.07, 6.45) is 0. The molecular weight excluding hydrogens is 308 g/mol. The standard InChI is InChI=1S/C18H22N2O4/c1-11-12(2)23-15(20-11)10-19-16(21)13-6-8-14(9-7-13)17(22)24-18(3,4)5/h6-9H,10H2,1-5H3,(H,19,21). The van der Waals surface area contributed by atoms with Gasteiger partial charge in [0, 0.05) is 5.56 Å². The van der Waals surface area contributed by atoms with Gasteiger partial charge in [-0.2, -0.15) is 0 Å². The molecule has 0 atom stereocenters. The number of carbonyl (C=O) groups excluding carboxylic acids is 2. The number of hydrogen-bond donors (Lipinski definition) is 1. The van der Waals surface area contributed by atoms with Crippen molar-refractivity contribution in [3.05, 3.63) is 52.7 Å². The van der Waals surface area contributed by atoms with E-state index in [1.807, 2.05) is 13.8 Å². The molecule has 1 amide bonds. The number of rotatable bonds is 4. The van der Waals surface area contributed by atoms with Gasteiger partial charge in [-0.3, -0.25) is 4.79 Å². The van der Waals surface area contributed by atoms with Crippen LogP contribution in [-0.4, -0.2) is 22.5 Å². The van der Waals surface area contributed by atoms with E-state index in [9.17, 15) is 9.59 Å². The van der Waals surface area contributed by atoms with Crippen LogP contribution in [0.25, 0.3) is 0 Å². The third-order valence-electron chi connectivity index (χ3n) is 3.25. The van der Waals surface area contributed by atoms with Crippen molar-refractivity contribution in [1.29, 1.82) is 0 Å². The fraction of sp³-hybridized carbons (Fsp3) is 0.389. The average molecular weight is 330 g/mol. The third kappa shape index (κ3) is 4.68. The second kappa shape index (κ2) is 6.86. The molecule has 24 heavy (non-hydrogen) atoms. The average Bonchev–Trinajstić information content (AvgIpc) is 2.82. The first kappa shape index (κ1) is 17.7. The summed E-state index contributed by atoms with van der Waals surface area (Å²) in [7, 11) is 0. The fourth-order valence-electron chi connectivity index (χ4n) is 1.97. The van der Waals surface area contributed by atoms with Crippen molar-refractivity contribution in [2.45, 2.75) is 46.8 Å². The number of benzene rings is 1. The van der Waals surface area contributed by atoms with Crippen LogP contribution in [0.2, 0.25) is 0 Å². The minimum absolute atomic E-state index is 0.210. The summed E-state index contributed by atoms with van der Waals surface area (Å²) in [5, 5.41) is 2.73. The van der Waals surface area contributed by atoms with Crippen LogP contribution in [0.1, 0.15) is 58.8 Å². The van der Waals surface area contributed by atoms with Gasteiger partial charge in [-0.05, 0) is 58.9 Å². The zero-order valence-electron chi connectivity index (χ0n) is 14.6. The molecule has 6 heteroatoms. The Morgan fingerprint density at radius 1 is 1.12 bits per heavy atom. The quantitative estimate of drug-likeness (QED) is 0.871. The predicted octanol–water partition coefficient (Wildman–Crippen LogP) is 3.18. The van der Waals surface area contributed by atoms with Crippen molar-refractivity contribution in [2.24, 2.45) is 0 Å². The van der Waals surface area contributed by atoms with Crippen molar-refractivity contribution in [3.63, 3.8) is 0 Å². The molecule has 2 rings (SSSR count). The van der Waals surface area contributed by atoms with Crippen LogP contribution >= 0.6 is 0 Å². The molecule has 1 N–H and O–H groups in total. The SMILES string of the molecule is Cc1nc(CNC(=O)c2ccc(C(=O)OC(C)(C)C)cc2)oc1C. The maximum absolute atomic E-state index is 12.1. The zero-order valence-corrected chi connectivity index (χ0v) is 14.6. The molecule has 0 radical (unpaired) electrons. The lowest BCUT2D eigenvalue weighted by Crippen LogP contribution is -2.24. The first-order chi connectivity index (χ1) is 11.2. The Balaban J connectivity index is 1.97. The van der Waals surface area contributed by atoms with Crippen molar-refractivity contribution in [2.75, 3.05) is 0 Å². The van der Waals surface area contributed by atoms with Gasteiger partial charge in [0.15, 0.2) is 0 Å². The Kier molecular flexibility index (Phi) is 5.07. The number of aryl methyl sites for hydroxylation is 2. The molecule has 0 saturated carbocycles. The van der Waals surface area contributed by atoms with Gasteiger partial charge in [0.05, 0.1) is 17.8 Å². The molecule has 128 valence electrons. The highest BCUT2D eigenvalue weighted by atomic mass is 16.6. The van der Waals surface area contributed by atoms with Gasteiger partial charge in [0.2, 0.25) is 5.89 Å². The Morgan fingerprint density at radius 2 is 1.71 bits per heavy atom. The van der Waals surface area contributed by atoms with E-state index in [4.69, 9.17) is 9.15 Å². The first-order valence-corrected chi connectivity index (χ1v) is 7.70. The molecule has 0 spiro atoms. The van der Waals surface area contributed by atoms with E-state index in [2.05, 4.69) is 10.3 Å². The number of aromatic nitrogens is 1. The summed E-state index contributed by atoms with van der Waals surface area (Å²) in [5.41, 5.74) is 1.10. The van der Waals surface area contributed by atoms with Gasteiger partial charge < -0.3 is 14.5 Å². The zero-order chi connectivity index (χ0) is 17.9. The van der Waals surface area contributed by atoms with E-state index in [0.29, 0.717) is 17.0 Å². The Labute approximate surface area is 141 Å². The highest BCUT2D eigenvalue weighted by molar-refractivity contribution is 5.96. The van der Waals surface area contributed by atoms with E-state index in [0.717, 1.165) is 11.5 Å². The fourth-order valence-corrected chi connectivity index (χ4v) is 1.97. The molecule has 6 nitrogen and oxygen atoms in total. The van der Waals surface area contributed by atoms with Crippen molar-refractivity contribution in [1.82, 2.24) is 10.3 Å². The number of nitrogens with one attached hydrogen (secondary N) is 1. The number of amides is 1. The van der Waals surface area contributed by atoms with Crippen molar-refractivity contribution < 1.29 is 18.7 Å². The van der Waals surface area contributed by atoms with Crippen molar-refractivity contribution in [3.8, 4) is 0 Å². The predicted molar refractivity (Wildman–Crippen MR) is 88.8 cm³/mol. The van der Waals surface area contributed by atoms with Crippen LogP contribution < -0.4 is 5.32 Å². The van der Waals surface area contributed by atoms with Crippen LogP contribution in [0, 0.1) is 13.8 Å². The van der Waals surface area contributed by atoms with E-state index in [-0.39, 0.29) is 12.5 Å². The molecule has 0 aliphatic rings. The minimum Gasteiger partial charge on any atom is -0.456 e. The summed E-state index contributed by atoms with van der Waals surface area (Å²) in [4.78, 5) is 28.3. The molecule has 2 aromatic rings. The Hall–Kier alpha value is -2.63. The Bertz CT molecular complexity index is 720. The van der Waals surface area contributed by atoms with Crippen LogP contribution in [0.5, 0.6) is 0 Å². The molecule has 0 bridgehead atoms. The summed E-state index contributed by atoms with van der Waals surface area (Å²) in [5.74, 6) is 0.518. The normalized spacial score (nSPS) is 11.2. The number of oxazole rings is 1. The molecule has 1 aromatic heterocycles. The van der Waals surface area contributed by atoms with Gasteiger partial charge in [0.25, 0.3) is 5.91 Å². The largest absolute Gasteiger partial charge is 0.456 e. The van der Waals surface area contributed by atoms with Crippen LogP contribution in [0.4, 0.5) is 0 Å². The molecule has 0 aliphatic heterocycles. The molecule has 0 aliphatic carbocycles. The molecule has 0 saturated heterocycles. The summed E-state index contributed by atoms with van der Waals surface area (Å²) >= 11 is 0. The van der Waals surface area contributed by atoms with Crippen LogP contribution in [-0.2, 0) is 11.3 Å². The topological polar surface area (TPSA) is 81.4 Å². The maximum Gasteiger partial charge on any atom is 0.338 e. The van der Waals surface area contributed by atoms with Gasteiger partial charge in [-0.15, -0.1) is 0 Å². The monoisotopic (exact) mass is 330 g/mol. The lowest BCUT2D eigenvalue weighted by atomic mass is 10.1. The lowest BCUT2D eigenvalue weighted by molar-refractivity contribution is 0.00693. The number of esters is 1. The lowest BCUT2D eigenvalue weighted by Gasteiger charge is -2.19. The first-order valence-electron chi connectivity index (χ1n) is 7.70.